The molecule has 2 heterocycles. The van der Waals surface area contributed by atoms with Crippen molar-refractivity contribution in [1.29, 1.82) is 0 Å². The van der Waals surface area contributed by atoms with Gasteiger partial charge in [0, 0.05) is 18.1 Å². The quantitative estimate of drug-likeness (QED) is 0.937. The van der Waals surface area contributed by atoms with E-state index in [1.165, 1.54) is 0 Å². The Morgan fingerprint density at radius 3 is 2.82 bits per heavy atom. The first-order valence-electron chi connectivity index (χ1n) is 7.23. The molecule has 0 spiro atoms. The number of carbonyl (C=O) groups is 1. The van der Waals surface area contributed by atoms with Gasteiger partial charge in [-0.3, -0.25) is 4.79 Å². The number of rotatable bonds is 3. The molecule has 1 aromatic heterocycles. The van der Waals surface area contributed by atoms with Crippen LogP contribution in [-0.4, -0.2) is 34.1 Å². The van der Waals surface area contributed by atoms with Crippen LogP contribution >= 0.6 is 11.6 Å². The molecule has 1 atom stereocenters. The molecule has 7 heteroatoms. The lowest BCUT2D eigenvalue weighted by Gasteiger charge is -2.31. The number of hydrogen-bond acceptors (Lipinski definition) is 5. The van der Waals surface area contributed by atoms with Crippen LogP contribution in [0.5, 0.6) is 0 Å². The molecule has 3 rings (SSSR count). The van der Waals surface area contributed by atoms with Gasteiger partial charge in [-0.05, 0) is 30.5 Å². The molecular formula is C15H17ClN4O2. The maximum absolute atomic E-state index is 12.4. The molecular weight excluding hydrogens is 304 g/mol. The van der Waals surface area contributed by atoms with Gasteiger partial charge in [0.05, 0.1) is 12.3 Å². The Morgan fingerprint density at radius 1 is 1.36 bits per heavy atom. The topological polar surface area (TPSA) is 85.2 Å². The fraction of sp³-hybridized carbons (Fsp3) is 0.400. The van der Waals surface area contributed by atoms with E-state index in [1.54, 1.807) is 12.1 Å². The molecule has 6 nitrogen and oxygen atoms in total. The number of nitrogens with two attached hydrogens (primary N) is 1. The lowest BCUT2D eigenvalue weighted by atomic mass is 9.97. The second-order valence-corrected chi connectivity index (χ2v) is 5.90. The summed E-state index contributed by atoms with van der Waals surface area (Å²) in [5, 5.41) is 8.29. The Kier molecular flexibility index (Phi) is 4.29. The van der Waals surface area contributed by atoms with E-state index in [4.69, 9.17) is 21.8 Å². The van der Waals surface area contributed by atoms with Gasteiger partial charge in [-0.2, -0.15) is 0 Å². The molecule has 1 aliphatic rings. The van der Waals surface area contributed by atoms with Crippen molar-refractivity contribution in [3.63, 3.8) is 0 Å². The van der Waals surface area contributed by atoms with Gasteiger partial charge in [0.2, 0.25) is 11.8 Å². The minimum Gasteiger partial charge on any atom is -0.408 e. The van der Waals surface area contributed by atoms with Crippen LogP contribution in [0.2, 0.25) is 5.02 Å². The molecule has 0 saturated carbocycles. The molecule has 2 aromatic rings. The van der Waals surface area contributed by atoms with E-state index in [-0.39, 0.29) is 17.8 Å². The van der Waals surface area contributed by atoms with Gasteiger partial charge >= 0.3 is 6.01 Å². The zero-order chi connectivity index (χ0) is 15.5. The molecule has 1 saturated heterocycles. The number of piperidine rings is 1. The van der Waals surface area contributed by atoms with Crippen molar-refractivity contribution in [2.75, 3.05) is 18.8 Å². The van der Waals surface area contributed by atoms with E-state index < -0.39 is 0 Å². The highest BCUT2D eigenvalue weighted by Crippen LogP contribution is 2.26. The highest BCUT2D eigenvalue weighted by molar-refractivity contribution is 6.30. The van der Waals surface area contributed by atoms with E-state index in [1.807, 2.05) is 17.0 Å². The number of likely N-dealkylation sites (tertiary alicyclic amines) is 1. The third-order valence-electron chi connectivity index (χ3n) is 3.85. The zero-order valence-electron chi connectivity index (χ0n) is 12.0. The predicted molar refractivity (Wildman–Crippen MR) is 82.4 cm³/mol. The zero-order valence-corrected chi connectivity index (χ0v) is 12.8. The number of nitrogen functional groups attached to an aromatic ring is 1. The van der Waals surface area contributed by atoms with Crippen LogP contribution < -0.4 is 5.73 Å². The number of anilines is 1. The molecule has 2 N–H and O–H groups in total. The largest absolute Gasteiger partial charge is 0.408 e. The van der Waals surface area contributed by atoms with Gasteiger partial charge in [-0.25, -0.2) is 0 Å². The summed E-state index contributed by atoms with van der Waals surface area (Å²) in [5.41, 5.74) is 6.42. The molecule has 22 heavy (non-hydrogen) atoms. The number of amides is 1. The van der Waals surface area contributed by atoms with Crippen molar-refractivity contribution >= 4 is 23.5 Å². The molecule has 1 unspecified atom stereocenters. The summed E-state index contributed by atoms with van der Waals surface area (Å²) < 4.78 is 5.29. The molecule has 1 aromatic carbocycles. The number of hydrogen-bond donors (Lipinski definition) is 1. The van der Waals surface area contributed by atoms with Crippen molar-refractivity contribution < 1.29 is 9.21 Å². The first kappa shape index (κ1) is 14.8. The molecule has 0 aliphatic carbocycles. The van der Waals surface area contributed by atoms with Gasteiger partial charge in [0.25, 0.3) is 0 Å². The Bertz CT molecular complexity index is 656. The fourth-order valence-electron chi connectivity index (χ4n) is 2.71. The van der Waals surface area contributed by atoms with E-state index in [0.717, 1.165) is 24.9 Å². The standard InChI is InChI=1S/C15H17ClN4O2/c16-12-5-3-10(4-6-12)8-13(21)20-7-1-2-11(9-20)14-18-19-15(17)22-14/h3-6,11H,1-2,7-9H2,(H2,17,19). The monoisotopic (exact) mass is 320 g/mol. The minimum absolute atomic E-state index is 0.0627. The SMILES string of the molecule is Nc1nnc(C2CCCN(C(=O)Cc3ccc(Cl)cc3)C2)o1. The summed E-state index contributed by atoms with van der Waals surface area (Å²) in [6.45, 7) is 1.35. The number of aromatic nitrogens is 2. The second kappa shape index (κ2) is 6.36. The van der Waals surface area contributed by atoms with Crippen LogP contribution in [0.1, 0.15) is 30.2 Å². The van der Waals surface area contributed by atoms with Crippen molar-refractivity contribution in [3.05, 3.63) is 40.7 Å². The van der Waals surface area contributed by atoms with Crippen LogP contribution in [0.15, 0.2) is 28.7 Å². The number of carbonyl (C=O) groups excluding carboxylic acids is 1. The molecule has 1 aliphatic heterocycles. The molecule has 0 bridgehead atoms. The summed E-state index contributed by atoms with van der Waals surface area (Å²) >= 11 is 5.86. The minimum atomic E-state index is 0.0627. The van der Waals surface area contributed by atoms with Crippen LogP contribution in [0, 0.1) is 0 Å². The van der Waals surface area contributed by atoms with Gasteiger partial charge in [0.1, 0.15) is 0 Å². The Labute approximate surface area is 133 Å². The summed E-state index contributed by atoms with van der Waals surface area (Å²) in [6, 6.07) is 7.41. The van der Waals surface area contributed by atoms with Crippen LogP contribution in [-0.2, 0) is 11.2 Å². The lowest BCUT2D eigenvalue weighted by Crippen LogP contribution is -2.40. The van der Waals surface area contributed by atoms with Gasteiger partial charge in [-0.1, -0.05) is 28.8 Å². The average molecular weight is 321 g/mol. The molecule has 1 fully saturated rings. The third kappa shape index (κ3) is 3.39. The molecule has 1 amide bonds. The summed E-state index contributed by atoms with van der Waals surface area (Å²) in [4.78, 5) is 14.3. The average Bonchev–Trinajstić information content (AvgIpc) is 2.96. The highest BCUT2D eigenvalue weighted by Gasteiger charge is 2.28. The summed E-state index contributed by atoms with van der Waals surface area (Å²) in [6.07, 6.45) is 2.21. The van der Waals surface area contributed by atoms with Gasteiger partial charge in [-0.15, -0.1) is 5.10 Å². The van der Waals surface area contributed by atoms with Crippen LogP contribution in [0.25, 0.3) is 0 Å². The maximum atomic E-state index is 12.4. The first-order chi connectivity index (χ1) is 10.6. The predicted octanol–water partition coefficient (Wildman–Crippen LogP) is 2.25. The second-order valence-electron chi connectivity index (χ2n) is 5.46. The normalized spacial score (nSPS) is 18.4. The highest BCUT2D eigenvalue weighted by atomic mass is 35.5. The number of benzene rings is 1. The Balaban J connectivity index is 1.63. The summed E-state index contributed by atoms with van der Waals surface area (Å²) in [7, 11) is 0. The van der Waals surface area contributed by atoms with E-state index in [9.17, 15) is 4.79 Å². The van der Waals surface area contributed by atoms with E-state index >= 15 is 0 Å². The smallest absolute Gasteiger partial charge is 0.312 e. The van der Waals surface area contributed by atoms with Crippen LogP contribution in [0.4, 0.5) is 6.01 Å². The summed E-state index contributed by atoms with van der Waals surface area (Å²) in [5.74, 6) is 0.675. The van der Waals surface area contributed by atoms with Crippen LogP contribution in [0.3, 0.4) is 0 Å². The lowest BCUT2D eigenvalue weighted by molar-refractivity contribution is -0.131. The first-order valence-corrected chi connectivity index (χ1v) is 7.60. The van der Waals surface area contributed by atoms with Crippen molar-refractivity contribution in [2.24, 2.45) is 0 Å². The fourth-order valence-corrected chi connectivity index (χ4v) is 2.83. The van der Waals surface area contributed by atoms with E-state index in [2.05, 4.69) is 10.2 Å². The van der Waals surface area contributed by atoms with Crippen molar-refractivity contribution in [2.45, 2.75) is 25.2 Å². The number of halogens is 1. The maximum Gasteiger partial charge on any atom is 0.312 e. The Morgan fingerprint density at radius 2 is 2.14 bits per heavy atom. The van der Waals surface area contributed by atoms with Crippen molar-refractivity contribution in [1.82, 2.24) is 15.1 Å². The van der Waals surface area contributed by atoms with Crippen molar-refractivity contribution in [3.8, 4) is 0 Å². The number of nitrogens with zero attached hydrogens (tertiary/aromatic N) is 3. The molecule has 116 valence electrons. The molecule has 0 radical (unpaired) electrons. The van der Waals surface area contributed by atoms with Gasteiger partial charge < -0.3 is 15.1 Å². The Hall–Kier alpha value is -2.08. The third-order valence-corrected chi connectivity index (χ3v) is 4.10. The van der Waals surface area contributed by atoms with Gasteiger partial charge in [0.15, 0.2) is 0 Å². The van der Waals surface area contributed by atoms with E-state index in [0.29, 0.717) is 23.9 Å².